The lowest BCUT2D eigenvalue weighted by Crippen LogP contribution is -2.44. The second-order valence-electron chi connectivity index (χ2n) is 6.52. The molecular weight excluding hydrogens is 344 g/mol. The number of hydrogen-bond donors (Lipinski definition) is 3. The van der Waals surface area contributed by atoms with Gasteiger partial charge in [0.1, 0.15) is 17.6 Å². The van der Waals surface area contributed by atoms with Gasteiger partial charge in [0.05, 0.1) is 24.9 Å². The fraction of sp³-hybridized carbons (Fsp3) is 0.611. The molecule has 1 aromatic carbocycles. The fourth-order valence-corrected chi connectivity index (χ4v) is 3.54. The number of amides is 1. The van der Waals surface area contributed by atoms with Crippen molar-refractivity contribution in [1.82, 2.24) is 0 Å². The molecule has 0 aliphatic heterocycles. The van der Waals surface area contributed by atoms with E-state index in [0.29, 0.717) is 34.5 Å². The Morgan fingerprint density at radius 2 is 1.92 bits per heavy atom. The zero-order chi connectivity index (χ0) is 18.4. The summed E-state index contributed by atoms with van der Waals surface area (Å²) in [6.45, 7) is 0. The molecule has 0 bridgehead atoms. The standard InChI is InChI=1S/C18H27ClN2O4/c1-24-15-10-16(25-2)14(9-12(15)19)21-18(23)17(22)13(20)8-11-6-4-3-5-7-11/h9-11,13,17,22H,3-8,20H2,1-2H3,(H,21,23)/t13-,17?/m1/s1. The molecule has 0 spiro atoms. The van der Waals surface area contributed by atoms with Gasteiger partial charge in [0.15, 0.2) is 0 Å². The predicted octanol–water partition coefficient (Wildman–Crippen LogP) is 2.95. The average Bonchev–Trinajstić information content (AvgIpc) is 2.62. The van der Waals surface area contributed by atoms with Crippen LogP contribution in [0.3, 0.4) is 0 Å². The highest BCUT2D eigenvalue weighted by Crippen LogP contribution is 2.36. The molecule has 2 atom stereocenters. The van der Waals surface area contributed by atoms with Crippen LogP contribution >= 0.6 is 11.6 Å². The van der Waals surface area contributed by atoms with E-state index in [-0.39, 0.29) is 0 Å². The van der Waals surface area contributed by atoms with E-state index in [1.54, 1.807) is 6.07 Å². The number of nitrogens with two attached hydrogens (primary N) is 1. The number of nitrogens with one attached hydrogen (secondary N) is 1. The summed E-state index contributed by atoms with van der Waals surface area (Å²) in [6.07, 6.45) is 5.24. The third kappa shape index (κ3) is 5.23. The van der Waals surface area contributed by atoms with E-state index in [0.717, 1.165) is 12.8 Å². The average molecular weight is 371 g/mol. The van der Waals surface area contributed by atoms with Gasteiger partial charge in [-0.05, 0) is 18.4 Å². The predicted molar refractivity (Wildman–Crippen MR) is 98.4 cm³/mol. The molecule has 6 nitrogen and oxygen atoms in total. The first-order valence-corrected chi connectivity index (χ1v) is 9.00. The maximum absolute atomic E-state index is 12.4. The van der Waals surface area contributed by atoms with Crippen molar-refractivity contribution in [3.63, 3.8) is 0 Å². The Morgan fingerprint density at radius 1 is 1.28 bits per heavy atom. The molecule has 4 N–H and O–H groups in total. The Balaban J connectivity index is 2.01. The molecule has 1 amide bonds. The Hall–Kier alpha value is -1.50. The van der Waals surface area contributed by atoms with Crippen molar-refractivity contribution in [2.45, 2.75) is 50.7 Å². The maximum Gasteiger partial charge on any atom is 0.254 e. The fourth-order valence-electron chi connectivity index (χ4n) is 3.30. The molecule has 25 heavy (non-hydrogen) atoms. The van der Waals surface area contributed by atoms with Crippen molar-refractivity contribution >= 4 is 23.2 Å². The van der Waals surface area contributed by atoms with Gasteiger partial charge in [-0.15, -0.1) is 0 Å². The number of rotatable bonds is 7. The third-order valence-electron chi connectivity index (χ3n) is 4.74. The minimum absolute atomic E-state index is 0.333. The van der Waals surface area contributed by atoms with Gasteiger partial charge in [-0.1, -0.05) is 43.7 Å². The van der Waals surface area contributed by atoms with E-state index in [9.17, 15) is 9.90 Å². The van der Waals surface area contributed by atoms with Crippen molar-refractivity contribution in [3.05, 3.63) is 17.2 Å². The molecule has 0 saturated heterocycles. The number of ether oxygens (including phenoxy) is 2. The minimum Gasteiger partial charge on any atom is -0.495 e. The Bertz CT molecular complexity index is 591. The van der Waals surface area contributed by atoms with Crippen LogP contribution in [-0.4, -0.2) is 37.4 Å². The van der Waals surface area contributed by atoms with E-state index in [1.165, 1.54) is 39.5 Å². The van der Waals surface area contributed by atoms with Crippen LogP contribution in [-0.2, 0) is 4.79 Å². The first kappa shape index (κ1) is 19.8. The number of hydrogen-bond acceptors (Lipinski definition) is 5. The summed E-state index contributed by atoms with van der Waals surface area (Å²) in [5.41, 5.74) is 6.42. The summed E-state index contributed by atoms with van der Waals surface area (Å²) in [7, 11) is 2.97. The molecule has 1 aliphatic rings. The number of anilines is 1. The lowest BCUT2D eigenvalue weighted by Gasteiger charge is -2.26. The number of carbonyl (C=O) groups is 1. The minimum atomic E-state index is -1.28. The molecule has 1 aromatic rings. The van der Waals surface area contributed by atoms with E-state index < -0.39 is 18.1 Å². The van der Waals surface area contributed by atoms with Gasteiger partial charge in [-0.2, -0.15) is 0 Å². The molecule has 140 valence electrons. The van der Waals surface area contributed by atoms with Gasteiger partial charge in [-0.3, -0.25) is 4.79 Å². The van der Waals surface area contributed by atoms with Gasteiger partial charge < -0.3 is 25.6 Å². The lowest BCUT2D eigenvalue weighted by molar-refractivity contribution is -0.125. The highest BCUT2D eigenvalue weighted by Gasteiger charge is 2.27. The first-order chi connectivity index (χ1) is 12.0. The van der Waals surface area contributed by atoms with Crippen LogP contribution in [0, 0.1) is 5.92 Å². The zero-order valence-corrected chi connectivity index (χ0v) is 15.5. The number of methoxy groups -OCH3 is 2. The summed E-state index contributed by atoms with van der Waals surface area (Å²) < 4.78 is 10.4. The molecule has 1 saturated carbocycles. The van der Waals surface area contributed by atoms with E-state index in [1.807, 2.05) is 0 Å². The van der Waals surface area contributed by atoms with Crippen molar-refractivity contribution in [3.8, 4) is 11.5 Å². The molecule has 1 unspecified atom stereocenters. The molecule has 0 radical (unpaired) electrons. The van der Waals surface area contributed by atoms with Crippen LogP contribution in [0.4, 0.5) is 5.69 Å². The second kappa shape index (κ2) is 9.27. The van der Waals surface area contributed by atoms with Gasteiger partial charge in [-0.25, -0.2) is 0 Å². The Kier molecular flexibility index (Phi) is 7.35. The van der Waals surface area contributed by atoms with E-state index in [2.05, 4.69) is 5.32 Å². The van der Waals surface area contributed by atoms with Gasteiger partial charge in [0.25, 0.3) is 5.91 Å². The summed E-state index contributed by atoms with van der Waals surface area (Å²) in [6, 6.07) is 2.51. The van der Waals surface area contributed by atoms with Crippen LogP contribution in [0.25, 0.3) is 0 Å². The number of carbonyl (C=O) groups excluding carboxylic acids is 1. The highest BCUT2D eigenvalue weighted by atomic mass is 35.5. The summed E-state index contributed by atoms with van der Waals surface area (Å²) in [5, 5.41) is 13.2. The smallest absolute Gasteiger partial charge is 0.254 e. The van der Waals surface area contributed by atoms with Crippen LogP contribution in [0.15, 0.2) is 12.1 Å². The van der Waals surface area contributed by atoms with E-state index >= 15 is 0 Å². The number of aliphatic hydroxyl groups excluding tert-OH is 1. The molecule has 7 heteroatoms. The zero-order valence-electron chi connectivity index (χ0n) is 14.8. The summed E-state index contributed by atoms with van der Waals surface area (Å²) in [4.78, 5) is 12.4. The largest absolute Gasteiger partial charge is 0.495 e. The number of benzene rings is 1. The maximum atomic E-state index is 12.4. The Labute approximate surface area is 153 Å². The van der Waals surface area contributed by atoms with Crippen LogP contribution in [0.2, 0.25) is 5.02 Å². The monoisotopic (exact) mass is 370 g/mol. The normalized spacial score (nSPS) is 17.6. The van der Waals surface area contributed by atoms with Crippen molar-refractivity contribution in [2.24, 2.45) is 11.7 Å². The number of aliphatic hydroxyl groups is 1. The van der Waals surface area contributed by atoms with Gasteiger partial charge >= 0.3 is 0 Å². The molecule has 0 aromatic heterocycles. The molecular formula is C18H27ClN2O4. The first-order valence-electron chi connectivity index (χ1n) is 8.62. The second-order valence-corrected chi connectivity index (χ2v) is 6.93. The molecule has 2 rings (SSSR count). The van der Waals surface area contributed by atoms with Crippen molar-refractivity contribution < 1.29 is 19.4 Å². The molecule has 1 fully saturated rings. The molecule has 0 heterocycles. The Morgan fingerprint density at radius 3 is 2.52 bits per heavy atom. The molecule has 1 aliphatic carbocycles. The van der Waals surface area contributed by atoms with Crippen LogP contribution < -0.4 is 20.5 Å². The summed E-state index contributed by atoms with van der Waals surface area (Å²) in [5.74, 6) is 0.743. The van der Waals surface area contributed by atoms with E-state index in [4.69, 9.17) is 26.8 Å². The third-order valence-corrected chi connectivity index (χ3v) is 5.03. The quantitative estimate of drug-likeness (QED) is 0.686. The lowest BCUT2D eigenvalue weighted by atomic mass is 9.84. The van der Waals surface area contributed by atoms with Crippen LogP contribution in [0.1, 0.15) is 38.5 Å². The number of halogens is 1. The van der Waals surface area contributed by atoms with Gasteiger partial charge in [0.2, 0.25) is 0 Å². The SMILES string of the molecule is COc1cc(OC)c(NC(=O)C(O)[C@H](N)CC2CCCCC2)cc1Cl. The van der Waals surface area contributed by atoms with Crippen molar-refractivity contribution in [1.29, 1.82) is 0 Å². The summed E-state index contributed by atoms with van der Waals surface area (Å²) >= 11 is 6.09. The highest BCUT2D eigenvalue weighted by molar-refractivity contribution is 6.32. The van der Waals surface area contributed by atoms with Crippen LogP contribution in [0.5, 0.6) is 11.5 Å². The van der Waals surface area contributed by atoms with Crippen molar-refractivity contribution in [2.75, 3.05) is 19.5 Å². The van der Waals surface area contributed by atoms with Gasteiger partial charge in [0, 0.05) is 12.1 Å². The topological polar surface area (TPSA) is 93.8 Å².